The maximum atomic E-state index is 11.7. The molecule has 13 heavy (non-hydrogen) atoms. The van der Waals surface area contributed by atoms with E-state index in [1.54, 1.807) is 6.07 Å². The summed E-state index contributed by atoms with van der Waals surface area (Å²) < 4.78 is 38.9. The Morgan fingerprint density at radius 2 is 2.00 bits per heavy atom. The minimum atomic E-state index is -4.63. The Bertz CT molecular complexity index is 285. The molecule has 3 N–H and O–H groups in total. The lowest BCUT2D eigenvalue weighted by Crippen LogP contribution is -2.47. The van der Waals surface area contributed by atoms with E-state index in [2.05, 4.69) is 10.5 Å². The zero-order chi connectivity index (χ0) is 9.90. The number of quaternary nitrogens is 1. The summed E-state index contributed by atoms with van der Waals surface area (Å²) in [5, 5.41) is 0. The van der Waals surface area contributed by atoms with Crippen LogP contribution < -0.4 is 10.5 Å². The van der Waals surface area contributed by atoms with Crippen LogP contribution in [-0.4, -0.2) is 6.36 Å². The molecule has 0 radical (unpaired) electrons. The van der Waals surface area contributed by atoms with E-state index >= 15 is 0 Å². The van der Waals surface area contributed by atoms with Gasteiger partial charge in [0.2, 0.25) is 0 Å². The molecule has 0 saturated heterocycles. The van der Waals surface area contributed by atoms with Gasteiger partial charge in [0.1, 0.15) is 5.75 Å². The van der Waals surface area contributed by atoms with Gasteiger partial charge in [0.25, 0.3) is 0 Å². The van der Waals surface area contributed by atoms with Crippen LogP contribution >= 0.6 is 0 Å². The van der Waals surface area contributed by atoms with Gasteiger partial charge in [-0.1, -0.05) is 12.1 Å². The number of benzene rings is 1. The van der Waals surface area contributed by atoms with E-state index in [1.165, 1.54) is 18.2 Å². The smallest absolute Gasteiger partial charge is 0.406 e. The van der Waals surface area contributed by atoms with Crippen molar-refractivity contribution in [1.82, 2.24) is 0 Å². The van der Waals surface area contributed by atoms with Gasteiger partial charge in [0, 0.05) is 5.56 Å². The Hall–Kier alpha value is -1.23. The second-order valence-electron chi connectivity index (χ2n) is 2.45. The second-order valence-corrected chi connectivity index (χ2v) is 2.45. The molecule has 0 heterocycles. The van der Waals surface area contributed by atoms with Crippen molar-refractivity contribution in [3.8, 4) is 5.75 Å². The van der Waals surface area contributed by atoms with Crippen LogP contribution in [0.3, 0.4) is 0 Å². The maximum absolute atomic E-state index is 11.7. The molecule has 0 aromatic heterocycles. The number of rotatable bonds is 2. The highest BCUT2D eigenvalue weighted by molar-refractivity contribution is 5.27. The highest BCUT2D eigenvalue weighted by atomic mass is 19.4. The highest BCUT2D eigenvalue weighted by Gasteiger charge is 2.31. The zero-order valence-corrected chi connectivity index (χ0v) is 6.77. The highest BCUT2D eigenvalue weighted by Crippen LogP contribution is 2.22. The number of halogens is 3. The van der Waals surface area contributed by atoms with Crippen molar-refractivity contribution in [2.75, 3.05) is 0 Å². The first kappa shape index (κ1) is 9.85. The van der Waals surface area contributed by atoms with E-state index in [0.717, 1.165) is 0 Å². The quantitative estimate of drug-likeness (QED) is 0.753. The van der Waals surface area contributed by atoms with Gasteiger partial charge in [-0.2, -0.15) is 0 Å². The maximum Gasteiger partial charge on any atom is 0.573 e. The summed E-state index contributed by atoms with van der Waals surface area (Å²) in [5.41, 5.74) is 4.27. The molecule has 0 spiro atoms. The standard InChI is InChI=1S/C8H8F3NO/c9-8(10,11)13-7-3-1-2-6(4-7)5-12/h1-4H,5,12H2/p+1. The van der Waals surface area contributed by atoms with E-state index in [4.69, 9.17) is 0 Å². The molecule has 0 bridgehead atoms. The number of ether oxygens (including phenoxy) is 1. The molecule has 0 fully saturated rings. The lowest BCUT2D eigenvalue weighted by molar-refractivity contribution is -0.386. The van der Waals surface area contributed by atoms with Crippen LogP contribution in [0.2, 0.25) is 0 Å². The Balaban J connectivity index is 2.78. The summed E-state index contributed by atoms with van der Waals surface area (Å²) in [7, 11) is 0. The zero-order valence-electron chi connectivity index (χ0n) is 6.77. The molecule has 72 valence electrons. The van der Waals surface area contributed by atoms with E-state index < -0.39 is 6.36 Å². The molecular weight excluding hydrogens is 183 g/mol. The summed E-state index contributed by atoms with van der Waals surface area (Å²) in [4.78, 5) is 0. The third-order valence-corrected chi connectivity index (χ3v) is 1.42. The van der Waals surface area contributed by atoms with Crippen LogP contribution in [0.5, 0.6) is 5.75 Å². The van der Waals surface area contributed by atoms with Gasteiger partial charge in [-0.25, -0.2) is 0 Å². The van der Waals surface area contributed by atoms with E-state index in [9.17, 15) is 13.2 Å². The molecule has 1 aromatic carbocycles. The fourth-order valence-corrected chi connectivity index (χ4v) is 0.898. The Morgan fingerprint density at radius 1 is 1.31 bits per heavy atom. The minimum Gasteiger partial charge on any atom is -0.406 e. The van der Waals surface area contributed by atoms with Gasteiger partial charge < -0.3 is 10.5 Å². The van der Waals surface area contributed by atoms with Crippen LogP contribution in [0.4, 0.5) is 13.2 Å². The first-order valence-corrected chi connectivity index (χ1v) is 3.65. The van der Waals surface area contributed by atoms with Crippen molar-refractivity contribution in [2.45, 2.75) is 12.9 Å². The number of hydrogen-bond donors (Lipinski definition) is 1. The van der Waals surface area contributed by atoms with E-state index in [0.29, 0.717) is 12.1 Å². The Kier molecular flexibility index (Phi) is 2.77. The predicted octanol–water partition coefficient (Wildman–Crippen LogP) is 1.33. The predicted molar refractivity (Wildman–Crippen MR) is 39.7 cm³/mol. The second kappa shape index (κ2) is 3.66. The van der Waals surface area contributed by atoms with Crippen molar-refractivity contribution in [2.24, 2.45) is 0 Å². The lowest BCUT2D eigenvalue weighted by atomic mass is 10.2. The largest absolute Gasteiger partial charge is 0.573 e. The van der Waals surface area contributed by atoms with Gasteiger partial charge >= 0.3 is 6.36 Å². The monoisotopic (exact) mass is 192 g/mol. The molecule has 0 aliphatic heterocycles. The van der Waals surface area contributed by atoms with Crippen LogP contribution in [0.15, 0.2) is 24.3 Å². The minimum absolute atomic E-state index is 0.200. The van der Waals surface area contributed by atoms with Gasteiger partial charge in [0.15, 0.2) is 0 Å². The Morgan fingerprint density at radius 3 is 2.54 bits per heavy atom. The first-order valence-electron chi connectivity index (χ1n) is 3.65. The van der Waals surface area contributed by atoms with Gasteiger partial charge in [-0.15, -0.1) is 13.2 Å². The topological polar surface area (TPSA) is 36.9 Å². The van der Waals surface area contributed by atoms with Crippen molar-refractivity contribution in [1.29, 1.82) is 0 Å². The molecule has 0 amide bonds. The van der Waals surface area contributed by atoms with E-state index in [-0.39, 0.29) is 5.75 Å². The van der Waals surface area contributed by atoms with Crippen LogP contribution in [0, 0.1) is 0 Å². The molecule has 2 nitrogen and oxygen atoms in total. The average Bonchev–Trinajstić information content (AvgIpc) is 2.01. The molecule has 0 unspecified atom stereocenters. The summed E-state index contributed by atoms with van der Waals surface area (Å²) in [6, 6.07) is 5.77. The molecular formula is C8H9F3NO+. The van der Waals surface area contributed by atoms with Gasteiger partial charge in [0.05, 0.1) is 6.54 Å². The van der Waals surface area contributed by atoms with E-state index in [1.807, 2.05) is 0 Å². The first-order chi connectivity index (χ1) is 6.01. The average molecular weight is 192 g/mol. The fraction of sp³-hybridized carbons (Fsp3) is 0.250. The van der Waals surface area contributed by atoms with Gasteiger partial charge in [-0.05, 0) is 12.1 Å². The molecule has 5 heteroatoms. The number of alkyl halides is 3. The molecule has 0 aliphatic rings. The van der Waals surface area contributed by atoms with Crippen LogP contribution in [0.25, 0.3) is 0 Å². The third-order valence-electron chi connectivity index (χ3n) is 1.42. The SMILES string of the molecule is [NH3+]Cc1cccc(OC(F)(F)F)c1. The molecule has 0 aliphatic carbocycles. The van der Waals surface area contributed by atoms with Gasteiger partial charge in [-0.3, -0.25) is 0 Å². The molecule has 0 atom stereocenters. The van der Waals surface area contributed by atoms with Crippen molar-refractivity contribution < 1.29 is 23.6 Å². The van der Waals surface area contributed by atoms with Crippen LogP contribution in [-0.2, 0) is 6.54 Å². The fourth-order valence-electron chi connectivity index (χ4n) is 0.898. The Labute approximate surface area is 73.1 Å². The van der Waals surface area contributed by atoms with Crippen molar-refractivity contribution in [3.05, 3.63) is 29.8 Å². The normalized spacial score (nSPS) is 11.4. The number of hydrogen-bond acceptors (Lipinski definition) is 1. The molecule has 0 saturated carbocycles. The summed E-state index contributed by atoms with van der Waals surface area (Å²) in [6.07, 6.45) is -4.63. The molecule has 1 rings (SSSR count). The summed E-state index contributed by atoms with van der Waals surface area (Å²) in [5.74, 6) is -0.200. The molecule has 1 aromatic rings. The third kappa shape index (κ3) is 3.33. The summed E-state index contributed by atoms with van der Waals surface area (Å²) in [6.45, 7) is 0.440. The lowest BCUT2D eigenvalue weighted by Gasteiger charge is -2.08. The summed E-state index contributed by atoms with van der Waals surface area (Å²) >= 11 is 0. The van der Waals surface area contributed by atoms with Crippen molar-refractivity contribution >= 4 is 0 Å². The van der Waals surface area contributed by atoms with Crippen LogP contribution in [0.1, 0.15) is 5.56 Å². The van der Waals surface area contributed by atoms with Crippen molar-refractivity contribution in [3.63, 3.8) is 0 Å².